The van der Waals surface area contributed by atoms with Crippen molar-refractivity contribution in [1.29, 1.82) is 0 Å². The fraction of sp³-hybridized carbons (Fsp3) is 0.138. The van der Waals surface area contributed by atoms with Gasteiger partial charge in [-0.15, -0.1) is 0 Å². The van der Waals surface area contributed by atoms with Gasteiger partial charge in [0.25, 0.3) is 0 Å². The van der Waals surface area contributed by atoms with Crippen LogP contribution in [-0.2, 0) is 21.2 Å². The largest absolute Gasteiger partial charge is 0.451 e. The van der Waals surface area contributed by atoms with E-state index in [9.17, 15) is 4.79 Å². The van der Waals surface area contributed by atoms with Crippen LogP contribution in [0.4, 0.5) is 0 Å². The zero-order valence-electron chi connectivity index (χ0n) is 18.6. The lowest BCUT2D eigenvalue weighted by molar-refractivity contribution is -0.00316. The number of hydrogen-bond acceptors (Lipinski definition) is 2. The third kappa shape index (κ3) is 4.95. The Hall–Kier alpha value is -3.30. The topological polar surface area (TPSA) is 26.3 Å². The van der Waals surface area contributed by atoms with Crippen LogP contribution in [-0.4, -0.2) is 5.97 Å². The molecule has 0 bridgehead atoms. The van der Waals surface area contributed by atoms with E-state index >= 15 is 0 Å². The Kier molecular flexibility index (Phi) is 6.48. The van der Waals surface area contributed by atoms with Crippen LogP contribution in [0.1, 0.15) is 35.3 Å². The summed E-state index contributed by atoms with van der Waals surface area (Å²) in [6, 6.07) is 36.9. The van der Waals surface area contributed by atoms with Gasteiger partial charge in [-0.3, -0.25) is 0 Å². The molecule has 0 aromatic heterocycles. The molecular weight excluding hydrogens is 412 g/mol. The first-order valence-electron chi connectivity index (χ1n) is 10.7. The number of aryl methyl sites for hydroxylation is 1. The van der Waals surface area contributed by atoms with Gasteiger partial charge >= 0.3 is 5.97 Å². The molecule has 0 spiro atoms. The maximum Gasteiger partial charge on any atom is 0.338 e. The van der Waals surface area contributed by atoms with E-state index in [1.165, 1.54) is 9.79 Å². The minimum absolute atomic E-state index is 0.240. The van der Waals surface area contributed by atoms with Gasteiger partial charge < -0.3 is 4.74 Å². The van der Waals surface area contributed by atoms with E-state index in [-0.39, 0.29) is 16.9 Å². The Morgan fingerprint density at radius 2 is 1.22 bits per heavy atom. The smallest absolute Gasteiger partial charge is 0.338 e. The maximum atomic E-state index is 12.9. The van der Waals surface area contributed by atoms with Gasteiger partial charge in [0.1, 0.15) is 5.60 Å². The third-order valence-electron chi connectivity index (χ3n) is 5.34. The number of rotatable bonds is 6. The van der Waals surface area contributed by atoms with Crippen molar-refractivity contribution in [2.45, 2.75) is 41.1 Å². The summed E-state index contributed by atoms with van der Waals surface area (Å²) in [5.74, 6) is -0.317. The van der Waals surface area contributed by atoms with Crippen molar-refractivity contribution in [3.63, 3.8) is 0 Å². The van der Waals surface area contributed by atoms with Gasteiger partial charge in [0.15, 0.2) is 14.7 Å². The van der Waals surface area contributed by atoms with Crippen LogP contribution >= 0.6 is 0 Å². The minimum Gasteiger partial charge on any atom is -0.451 e. The molecule has 0 N–H and O–H groups in total. The van der Waals surface area contributed by atoms with E-state index in [2.05, 4.69) is 54.6 Å². The molecule has 0 fully saturated rings. The van der Waals surface area contributed by atoms with Crippen molar-refractivity contribution in [1.82, 2.24) is 0 Å². The van der Waals surface area contributed by atoms with Gasteiger partial charge in [-0.2, -0.15) is 0 Å². The van der Waals surface area contributed by atoms with Crippen LogP contribution in [0.25, 0.3) is 0 Å². The zero-order chi connectivity index (χ0) is 22.6. The van der Waals surface area contributed by atoms with Crippen LogP contribution in [0.5, 0.6) is 0 Å². The molecule has 4 aromatic carbocycles. The van der Waals surface area contributed by atoms with Crippen molar-refractivity contribution in [2.75, 3.05) is 0 Å². The number of esters is 1. The number of carbonyl (C=O) groups is 1. The number of hydrogen-bond donors (Lipinski definition) is 0. The predicted octanol–water partition coefficient (Wildman–Crippen LogP) is 7.18. The predicted molar refractivity (Wildman–Crippen MR) is 131 cm³/mol. The van der Waals surface area contributed by atoms with E-state index in [0.717, 1.165) is 16.0 Å². The summed E-state index contributed by atoms with van der Waals surface area (Å²) in [6.45, 7) is 5.89. The molecule has 0 saturated carbocycles. The molecule has 4 rings (SSSR count). The van der Waals surface area contributed by atoms with Crippen molar-refractivity contribution >= 4 is 16.9 Å². The first-order chi connectivity index (χ1) is 15.4. The zero-order valence-corrected chi connectivity index (χ0v) is 19.4. The first kappa shape index (κ1) is 21.9. The fourth-order valence-corrected chi connectivity index (χ4v) is 5.70. The van der Waals surface area contributed by atoms with Crippen LogP contribution in [0.2, 0.25) is 0 Å². The molecule has 0 heterocycles. The summed E-state index contributed by atoms with van der Waals surface area (Å²) in [4.78, 5) is 16.6. The second-order valence-electron chi connectivity index (χ2n) is 8.23. The highest BCUT2D eigenvalue weighted by molar-refractivity contribution is 7.97. The average molecular weight is 440 g/mol. The van der Waals surface area contributed by atoms with Gasteiger partial charge in [0.2, 0.25) is 0 Å². The van der Waals surface area contributed by atoms with E-state index in [1.54, 1.807) is 0 Å². The summed E-state index contributed by atoms with van der Waals surface area (Å²) in [5.41, 5.74) is 1.97. The molecule has 0 unspecified atom stereocenters. The Labute approximate surface area is 193 Å². The molecule has 0 aliphatic carbocycles. The number of carbonyl (C=O) groups excluding carboxylic acids is 1. The Morgan fingerprint density at radius 1 is 0.688 bits per heavy atom. The highest BCUT2D eigenvalue weighted by Crippen LogP contribution is 2.32. The molecule has 0 aliphatic heterocycles. The highest BCUT2D eigenvalue weighted by atomic mass is 32.2. The molecule has 0 radical (unpaired) electrons. The van der Waals surface area contributed by atoms with Gasteiger partial charge in [0.05, 0.1) is 16.5 Å². The molecule has 0 saturated heterocycles. The molecule has 160 valence electrons. The van der Waals surface area contributed by atoms with Crippen LogP contribution in [0, 0.1) is 6.92 Å². The van der Waals surface area contributed by atoms with Crippen LogP contribution in [0.3, 0.4) is 0 Å². The van der Waals surface area contributed by atoms with Crippen molar-refractivity contribution in [3.8, 4) is 0 Å². The lowest BCUT2D eigenvalue weighted by Gasteiger charge is -2.26. The molecule has 4 aromatic rings. The van der Waals surface area contributed by atoms with Crippen molar-refractivity contribution in [2.24, 2.45) is 0 Å². The van der Waals surface area contributed by atoms with Crippen molar-refractivity contribution in [3.05, 3.63) is 126 Å². The van der Waals surface area contributed by atoms with E-state index in [0.29, 0.717) is 5.56 Å². The molecular formula is C29H27O2S+. The van der Waals surface area contributed by atoms with Gasteiger partial charge in [-0.25, -0.2) is 4.79 Å². The van der Waals surface area contributed by atoms with E-state index in [4.69, 9.17) is 4.74 Å². The van der Waals surface area contributed by atoms with Gasteiger partial charge in [0, 0.05) is 0 Å². The maximum absolute atomic E-state index is 12.9. The number of benzene rings is 4. The molecule has 0 atom stereocenters. The quantitative estimate of drug-likeness (QED) is 0.235. The fourth-order valence-electron chi connectivity index (χ4n) is 3.62. The Morgan fingerprint density at radius 3 is 1.75 bits per heavy atom. The van der Waals surface area contributed by atoms with Crippen molar-refractivity contribution < 1.29 is 9.53 Å². The lowest BCUT2D eigenvalue weighted by atomic mass is 9.96. The van der Waals surface area contributed by atoms with Gasteiger partial charge in [-0.05, 0) is 74.9 Å². The lowest BCUT2D eigenvalue weighted by Crippen LogP contribution is -2.25. The summed E-state index contributed by atoms with van der Waals surface area (Å²) in [6.07, 6.45) is 0. The van der Waals surface area contributed by atoms with E-state index < -0.39 is 5.60 Å². The van der Waals surface area contributed by atoms with Gasteiger partial charge in [-0.1, -0.05) is 66.2 Å². The SMILES string of the molecule is Cc1cccc(C(C)(C)OC(=O)c2ccc([S+](c3ccccc3)c3ccccc3)cc2)c1. The molecule has 0 aliphatic rings. The monoisotopic (exact) mass is 439 g/mol. The highest BCUT2D eigenvalue weighted by Gasteiger charge is 2.30. The third-order valence-corrected chi connectivity index (χ3v) is 7.58. The Bertz CT molecular complexity index is 1140. The van der Waals surface area contributed by atoms with E-state index in [1.807, 2.05) is 75.4 Å². The summed E-state index contributed by atoms with van der Waals surface area (Å²) >= 11 is 0. The standard InChI is InChI=1S/C29H27O2S/c1-22-11-10-12-24(21-22)29(2,3)31-28(30)23-17-19-27(20-18-23)32(25-13-6-4-7-14-25)26-15-8-5-9-16-26/h4-21H,1-3H3/q+1. The average Bonchev–Trinajstić information content (AvgIpc) is 2.81. The second kappa shape index (κ2) is 9.46. The summed E-state index contributed by atoms with van der Waals surface area (Å²) < 4.78 is 5.90. The van der Waals surface area contributed by atoms with Crippen LogP contribution in [0.15, 0.2) is 124 Å². The molecule has 32 heavy (non-hydrogen) atoms. The summed E-state index contributed by atoms with van der Waals surface area (Å²) in [5, 5.41) is 0. The minimum atomic E-state index is -0.708. The second-order valence-corrected chi connectivity index (χ2v) is 10.3. The molecule has 2 nitrogen and oxygen atoms in total. The number of ether oxygens (including phenoxy) is 1. The summed E-state index contributed by atoms with van der Waals surface area (Å²) in [7, 11) is -0.240. The first-order valence-corrected chi connectivity index (χ1v) is 11.9. The molecule has 0 amide bonds. The normalized spacial score (nSPS) is 11.4. The van der Waals surface area contributed by atoms with Crippen LogP contribution < -0.4 is 0 Å². The molecule has 3 heteroatoms. The Balaban J connectivity index is 1.59.